The van der Waals surface area contributed by atoms with Crippen LogP contribution in [-0.2, 0) is 19.1 Å². The van der Waals surface area contributed by atoms with Crippen LogP contribution < -0.4 is 4.90 Å². The number of carbonyl (C=O) groups is 4. The maximum absolute atomic E-state index is 13.9. The van der Waals surface area contributed by atoms with Crippen LogP contribution in [-0.4, -0.2) is 47.9 Å². The molecule has 0 bridgehead atoms. The number of imide groups is 1. The lowest BCUT2D eigenvalue weighted by Gasteiger charge is -2.35. The number of fused-ring (bicyclic) bond motifs is 5. The lowest BCUT2D eigenvalue weighted by atomic mass is 9.79. The Bertz CT molecular complexity index is 1260. The van der Waals surface area contributed by atoms with Crippen molar-refractivity contribution in [3.8, 4) is 0 Å². The van der Waals surface area contributed by atoms with Crippen LogP contribution in [0.1, 0.15) is 48.3 Å². The lowest BCUT2D eigenvalue weighted by Crippen LogP contribution is -2.48. The molecule has 8 heteroatoms. The third-order valence-electron chi connectivity index (χ3n) is 6.85. The summed E-state index contributed by atoms with van der Waals surface area (Å²) >= 11 is 0. The largest absolute Gasteiger partial charge is 0.465 e. The molecule has 5 rings (SSSR count). The number of benzene rings is 2. The number of esters is 1. The third kappa shape index (κ3) is 3.01. The molecule has 2 saturated heterocycles. The number of Topliss-reactive ketones (excluding diaryl/α,β-unsaturated/α-hetero) is 1. The highest BCUT2D eigenvalue weighted by Crippen LogP contribution is 2.53. The average Bonchev–Trinajstić information content (AvgIpc) is 3.30. The van der Waals surface area contributed by atoms with E-state index in [1.807, 2.05) is 24.3 Å². The van der Waals surface area contributed by atoms with E-state index in [-0.39, 0.29) is 17.0 Å². The number of hydrogen-bond donors (Lipinski definition) is 0. The van der Waals surface area contributed by atoms with E-state index in [2.05, 4.69) is 5.10 Å². The Morgan fingerprint density at radius 1 is 0.941 bits per heavy atom. The summed E-state index contributed by atoms with van der Waals surface area (Å²) in [5.41, 5.74) is 1.22. The summed E-state index contributed by atoms with van der Waals surface area (Å²) < 4.78 is 4.87. The highest BCUT2D eigenvalue weighted by atomic mass is 16.5. The van der Waals surface area contributed by atoms with Gasteiger partial charge in [-0.1, -0.05) is 57.2 Å². The summed E-state index contributed by atoms with van der Waals surface area (Å²) in [7, 11) is 1.24. The van der Waals surface area contributed by atoms with Crippen molar-refractivity contribution in [2.45, 2.75) is 32.9 Å². The average molecular weight is 460 g/mol. The zero-order chi connectivity index (χ0) is 24.4. The standard InChI is InChI=1S/C26H25N3O5/c1-26(2,3)22(30)21-19-18(20-15-10-6-5-9-14(15)13-27-29(20)21)23(31)28(24(19)32)17-12-8-7-11-16(17)25(33)34-4/h5-13,18-21H,1-4H3/t18-,19+,20+,21-/m0/s1. The lowest BCUT2D eigenvalue weighted by molar-refractivity contribution is -0.136. The van der Waals surface area contributed by atoms with Crippen LogP contribution >= 0.6 is 0 Å². The van der Waals surface area contributed by atoms with E-state index in [1.165, 1.54) is 13.2 Å². The van der Waals surface area contributed by atoms with Crippen LogP contribution in [0.15, 0.2) is 53.6 Å². The highest BCUT2D eigenvalue weighted by Gasteiger charge is 2.66. The zero-order valence-corrected chi connectivity index (χ0v) is 19.4. The normalized spacial score (nSPS) is 25.2. The van der Waals surface area contributed by atoms with Gasteiger partial charge in [-0.25, -0.2) is 9.69 Å². The number of ketones is 1. The molecule has 3 aliphatic heterocycles. The quantitative estimate of drug-likeness (QED) is 0.517. The monoisotopic (exact) mass is 459 g/mol. The van der Waals surface area contributed by atoms with E-state index in [0.29, 0.717) is 0 Å². The number of rotatable bonds is 3. The topological polar surface area (TPSA) is 96.3 Å². The van der Waals surface area contributed by atoms with Crippen molar-refractivity contribution in [3.05, 3.63) is 65.2 Å². The fourth-order valence-corrected chi connectivity index (χ4v) is 5.30. The second-order valence-electron chi connectivity index (χ2n) is 9.83. The summed E-state index contributed by atoms with van der Waals surface area (Å²) in [4.78, 5) is 54.9. The van der Waals surface area contributed by atoms with Gasteiger partial charge in [0.25, 0.3) is 0 Å². The molecular formula is C26H25N3O5. The summed E-state index contributed by atoms with van der Waals surface area (Å²) in [6.45, 7) is 5.39. The van der Waals surface area contributed by atoms with E-state index < -0.39 is 47.1 Å². The van der Waals surface area contributed by atoms with Crippen molar-refractivity contribution in [1.82, 2.24) is 5.01 Å². The van der Waals surface area contributed by atoms with Crippen LogP contribution in [0.3, 0.4) is 0 Å². The molecule has 8 nitrogen and oxygen atoms in total. The summed E-state index contributed by atoms with van der Waals surface area (Å²) in [5.74, 6) is -3.49. The molecule has 3 heterocycles. The number of amides is 2. The SMILES string of the molecule is COC(=O)c1ccccc1N1C(=O)[C@@H]2[C@H](C1=O)[C@H]1c3ccccc3C=NN1[C@@H]2C(=O)C(C)(C)C. The van der Waals surface area contributed by atoms with E-state index in [1.54, 1.807) is 50.2 Å². The molecule has 3 aliphatic rings. The molecule has 4 atom stereocenters. The Morgan fingerprint density at radius 3 is 2.29 bits per heavy atom. The fourth-order valence-electron chi connectivity index (χ4n) is 5.30. The second-order valence-corrected chi connectivity index (χ2v) is 9.83. The first kappa shape index (κ1) is 22.0. The number of methoxy groups -OCH3 is 1. The predicted octanol–water partition coefficient (Wildman–Crippen LogP) is 2.97. The van der Waals surface area contributed by atoms with E-state index in [9.17, 15) is 19.2 Å². The van der Waals surface area contributed by atoms with Gasteiger partial charge >= 0.3 is 5.97 Å². The number of para-hydroxylation sites is 1. The van der Waals surface area contributed by atoms with Gasteiger partial charge in [0.1, 0.15) is 6.04 Å². The van der Waals surface area contributed by atoms with Crippen molar-refractivity contribution >= 4 is 35.5 Å². The Kier molecular flexibility index (Phi) is 4.93. The number of ether oxygens (including phenoxy) is 1. The molecule has 34 heavy (non-hydrogen) atoms. The van der Waals surface area contributed by atoms with Crippen molar-refractivity contribution in [2.75, 3.05) is 12.0 Å². The molecule has 0 aromatic heterocycles. The van der Waals surface area contributed by atoms with Gasteiger partial charge in [0.2, 0.25) is 11.8 Å². The molecule has 0 radical (unpaired) electrons. The van der Waals surface area contributed by atoms with Crippen LogP contribution in [0, 0.1) is 17.3 Å². The van der Waals surface area contributed by atoms with Gasteiger partial charge in [-0.05, 0) is 23.3 Å². The van der Waals surface area contributed by atoms with E-state index in [0.717, 1.165) is 16.0 Å². The van der Waals surface area contributed by atoms with Crippen LogP contribution in [0.2, 0.25) is 0 Å². The van der Waals surface area contributed by atoms with Crippen molar-refractivity contribution in [3.63, 3.8) is 0 Å². The molecule has 0 N–H and O–H groups in total. The van der Waals surface area contributed by atoms with Crippen LogP contribution in [0.4, 0.5) is 5.69 Å². The van der Waals surface area contributed by atoms with Gasteiger partial charge in [0.05, 0.1) is 42.5 Å². The van der Waals surface area contributed by atoms with Crippen molar-refractivity contribution in [1.29, 1.82) is 0 Å². The maximum atomic E-state index is 13.9. The van der Waals surface area contributed by atoms with Gasteiger partial charge in [0.15, 0.2) is 5.78 Å². The maximum Gasteiger partial charge on any atom is 0.339 e. The fraction of sp³-hybridized carbons (Fsp3) is 0.346. The molecule has 2 fully saturated rings. The molecular weight excluding hydrogens is 434 g/mol. The van der Waals surface area contributed by atoms with Gasteiger partial charge in [-0.15, -0.1) is 0 Å². The number of hydrazone groups is 1. The number of nitrogens with zero attached hydrogens (tertiary/aromatic N) is 3. The molecule has 2 aromatic carbocycles. The van der Waals surface area contributed by atoms with E-state index >= 15 is 0 Å². The van der Waals surface area contributed by atoms with E-state index in [4.69, 9.17) is 4.74 Å². The molecule has 2 amide bonds. The minimum absolute atomic E-state index is 0.115. The van der Waals surface area contributed by atoms with Gasteiger partial charge in [-0.2, -0.15) is 5.10 Å². The first-order valence-electron chi connectivity index (χ1n) is 11.2. The molecule has 174 valence electrons. The summed E-state index contributed by atoms with van der Waals surface area (Å²) in [6, 6.07) is 12.5. The summed E-state index contributed by atoms with van der Waals surface area (Å²) in [5, 5.41) is 6.19. The van der Waals surface area contributed by atoms with Gasteiger partial charge < -0.3 is 4.74 Å². The second kappa shape index (κ2) is 7.62. The first-order chi connectivity index (χ1) is 16.2. The van der Waals surface area contributed by atoms with Crippen molar-refractivity contribution in [2.24, 2.45) is 22.4 Å². The Balaban J connectivity index is 1.68. The molecule has 0 unspecified atom stereocenters. The highest BCUT2D eigenvalue weighted by molar-refractivity contribution is 6.25. The Morgan fingerprint density at radius 2 is 1.59 bits per heavy atom. The smallest absolute Gasteiger partial charge is 0.339 e. The molecule has 0 saturated carbocycles. The van der Waals surface area contributed by atoms with Gasteiger partial charge in [0, 0.05) is 5.41 Å². The zero-order valence-electron chi connectivity index (χ0n) is 19.4. The van der Waals surface area contributed by atoms with Gasteiger partial charge in [-0.3, -0.25) is 19.4 Å². The summed E-state index contributed by atoms with van der Waals surface area (Å²) in [6.07, 6.45) is 1.68. The minimum Gasteiger partial charge on any atom is -0.465 e. The molecule has 0 spiro atoms. The third-order valence-corrected chi connectivity index (χ3v) is 6.85. The van der Waals surface area contributed by atoms with Crippen molar-refractivity contribution < 1.29 is 23.9 Å². The van der Waals surface area contributed by atoms with Crippen LogP contribution in [0.5, 0.6) is 0 Å². The predicted molar refractivity (Wildman–Crippen MR) is 124 cm³/mol. The minimum atomic E-state index is -0.918. The number of anilines is 1. The molecule has 0 aliphatic carbocycles. The Hall–Kier alpha value is -3.81. The number of carbonyl (C=O) groups excluding carboxylic acids is 4. The number of hydrogen-bond acceptors (Lipinski definition) is 7. The van der Waals surface area contributed by atoms with Crippen LogP contribution in [0.25, 0.3) is 0 Å². The first-order valence-corrected chi connectivity index (χ1v) is 11.2. The Labute approximate surface area is 197 Å². The molecule has 2 aromatic rings.